The number of carbonyl (C=O) groups is 2. The Hall–Kier alpha value is -3.35. The van der Waals surface area contributed by atoms with Gasteiger partial charge < -0.3 is 19.2 Å². The number of hydrogen-bond donors (Lipinski definition) is 1. The molecule has 0 saturated heterocycles. The minimum Gasteiger partial charge on any atom is -0.463 e. The molecule has 1 N–H and O–H groups in total. The number of hydrogen-bond acceptors (Lipinski definition) is 3. The molecule has 2 aliphatic rings. The zero-order chi connectivity index (χ0) is 23.9. The molecule has 1 aliphatic heterocycles. The fourth-order valence-corrected chi connectivity index (χ4v) is 5.20. The maximum absolute atomic E-state index is 14.6. The molecule has 3 aromatic rings. The molecule has 2 aromatic heterocycles. The molecular weight excluding hydrogens is 433 g/mol. The van der Waals surface area contributed by atoms with Gasteiger partial charge in [0.25, 0.3) is 5.91 Å². The highest BCUT2D eigenvalue weighted by molar-refractivity contribution is 6.00. The van der Waals surface area contributed by atoms with Crippen molar-refractivity contribution in [2.45, 2.75) is 64.2 Å². The van der Waals surface area contributed by atoms with E-state index in [0.717, 1.165) is 31.4 Å². The van der Waals surface area contributed by atoms with Gasteiger partial charge >= 0.3 is 0 Å². The van der Waals surface area contributed by atoms with Gasteiger partial charge in [-0.05, 0) is 68.9 Å². The van der Waals surface area contributed by atoms with Crippen molar-refractivity contribution < 1.29 is 18.4 Å². The summed E-state index contributed by atoms with van der Waals surface area (Å²) in [6.45, 7) is 4.28. The molecule has 1 aromatic carbocycles. The van der Waals surface area contributed by atoms with Crippen molar-refractivity contribution in [3.63, 3.8) is 0 Å². The molecule has 0 radical (unpaired) electrons. The van der Waals surface area contributed by atoms with Crippen LogP contribution in [0.3, 0.4) is 0 Å². The summed E-state index contributed by atoms with van der Waals surface area (Å²) in [5.74, 6) is 0.390. The summed E-state index contributed by atoms with van der Waals surface area (Å²) in [4.78, 5) is 29.1. The van der Waals surface area contributed by atoms with Crippen LogP contribution in [-0.2, 0) is 17.9 Å². The summed E-state index contributed by atoms with van der Waals surface area (Å²) < 4.78 is 22.0. The lowest BCUT2D eigenvalue weighted by Gasteiger charge is -2.45. The number of fused-ring (bicyclic) bond motifs is 1. The van der Waals surface area contributed by atoms with Crippen LogP contribution in [0, 0.1) is 11.7 Å². The highest BCUT2D eigenvalue weighted by atomic mass is 19.1. The summed E-state index contributed by atoms with van der Waals surface area (Å²) in [6, 6.07) is 13.7. The van der Waals surface area contributed by atoms with E-state index in [1.807, 2.05) is 16.7 Å². The van der Waals surface area contributed by atoms with E-state index in [1.165, 1.54) is 11.0 Å². The van der Waals surface area contributed by atoms with Gasteiger partial charge in [0.2, 0.25) is 5.91 Å². The number of furan rings is 1. The Kier molecular flexibility index (Phi) is 5.80. The van der Waals surface area contributed by atoms with Crippen molar-refractivity contribution in [3.05, 3.63) is 71.9 Å². The fraction of sp³-hybridized carbons (Fsp3) is 0.407. The van der Waals surface area contributed by atoms with E-state index in [1.54, 1.807) is 43.5 Å². The van der Waals surface area contributed by atoms with Crippen LogP contribution in [0.5, 0.6) is 0 Å². The van der Waals surface area contributed by atoms with Crippen LogP contribution in [0.4, 0.5) is 4.39 Å². The van der Waals surface area contributed by atoms with Gasteiger partial charge in [-0.1, -0.05) is 25.1 Å². The van der Waals surface area contributed by atoms with Crippen LogP contribution in [-0.4, -0.2) is 32.9 Å². The predicted molar refractivity (Wildman–Crippen MR) is 126 cm³/mol. The highest BCUT2D eigenvalue weighted by Gasteiger charge is 2.48. The molecule has 1 saturated carbocycles. The van der Waals surface area contributed by atoms with Crippen molar-refractivity contribution in [1.29, 1.82) is 0 Å². The van der Waals surface area contributed by atoms with Gasteiger partial charge in [0.05, 0.1) is 25.0 Å². The topological polar surface area (TPSA) is 67.5 Å². The number of benzene rings is 1. The van der Waals surface area contributed by atoms with E-state index >= 15 is 0 Å². The van der Waals surface area contributed by atoms with E-state index in [-0.39, 0.29) is 30.9 Å². The predicted octanol–water partition coefficient (Wildman–Crippen LogP) is 5.00. The molecule has 0 spiro atoms. The molecule has 3 heterocycles. The quantitative estimate of drug-likeness (QED) is 0.579. The first-order valence-corrected chi connectivity index (χ1v) is 12.0. The van der Waals surface area contributed by atoms with Crippen LogP contribution < -0.4 is 5.32 Å². The zero-order valence-corrected chi connectivity index (χ0v) is 19.6. The Bertz CT molecular complexity index is 1190. The molecular formula is C27H30FN3O3. The summed E-state index contributed by atoms with van der Waals surface area (Å²) in [6.07, 6.45) is 5.58. The number of halogens is 1. The Labute approximate surface area is 198 Å². The molecule has 1 atom stereocenters. The molecule has 178 valence electrons. The van der Waals surface area contributed by atoms with Gasteiger partial charge in [0.1, 0.15) is 22.8 Å². The van der Waals surface area contributed by atoms with Crippen LogP contribution in [0.2, 0.25) is 0 Å². The van der Waals surface area contributed by atoms with Crippen LogP contribution in [0.15, 0.2) is 59.2 Å². The summed E-state index contributed by atoms with van der Waals surface area (Å²) in [5.41, 5.74) is 0.382. The Balaban J connectivity index is 1.52. The van der Waals surface area contributed by atoms with Crippen molar-refractivity contribution in [2.24, 2.45) is 5.92 Å². The Morgan fingerprint density at radius 1 is 1.09 bits per heavy atom. The minimum atomic E-state index is -1.20. The second-order valence-electron chi connectivity index (χ2n) is 9.85. The third-order valence-electron chi connectivity index (χ3n) is 7.41. The van der Waals surface area contributed by atoms with E-state index < -0.39 is 11.4 Å². The molecule has 7 heteroatoms. The lowest BCUT2D eigenvalue weighted by atomic mass is 9.86. The molecule has 5 rings (SSSR count). The van der Waals surface area contributed by atoms with Crippen molar-refractivity contribution in [3.8, 4) is 11.5 Å². The van der Waals surface area contributed by atoms with Crippen molar-refractivity contribution in [2.75, 3.05) is 0 Å². The molecule has 6 nitrogen and oxygen atoms in total. The van der Waals surface area contributed by atoms with Crippen molar-refractivity contribution in [1.82, 2.24) is 14.8 Å². The normalized spacial score (nSPS) is 24.7. The van der Waals surface area contributed by atoms with Gasteiger partial charge in [-0.25, -0.2) is 4.39 Å². The fourth-order valence-electron chi connectivity index (χ4n) is 5.20. The third kappa shape index (κ3) is 3.93. The maximum atomic E-state index is 14.6. The third-order valence-corrected chi connectivity index (χ3v) is 7.41. The zero-order valence-electron chi connectivity index (χ0n) is 19.6. The SMILES string of the molecule is CC1CCC(NC(=O)C2(C)Cn3c(ccc3-c3ccco3)C(=O)N2Cc2ccccc2F)CC1. The van der Waals surface area contributed by atoms with Gasteiger partial charge in [-0.15, -0.1) is 0 Å². The summed E-state index contributed by atoms with van der Waals surface area (Å²) in [7, 11) is 0. The Morgan fingerprint density at radius 2 is 1.82 bits per heavy atom. The average molecular weight is 464 g/mol. The number of carbonyl (C=O) groups excluding carboxylic acids is 2. The number of amides is 2. The van der Waals surface area contributed by atoms with E-state index in [0.29, 0.717) is 22.9 Å². The molecule has 1 aliphatic carbocycles. The second kappa shape index (κ2) is 8.78. The first kappa shape index (κ1) is 22.4. The average Bonchev–Trinajstić information content (AvgIpc) is 3.49. The van der Waals surface area contributed by atoms with Gasteiger partial charge in [0, 0.05) is 11.6 Å². The lowest BCUT2D eigenvalue weighted by Crippen LogP contribution is -2.64. The van der Waals surface area contributed by atoms with Gasteiger partial charge in [-0.3, -0.25) is 9.59 Å². The van der Waals surface area contributed by atoms with Crippen LogP contribution >= 0.6 is 0 Å². The minimum absolute atomic E-state index is 0.0123. The number of aromatic nitrogens is 1. The highest BCUT2D eigenvalue weighted by Crippen LogP contribution is 2.35. The molecule has 1 unspecified atom stereocenters. The van der Waals surface area contributed by atoms with Crippen LogP contribution in [0.25, 0.3) is 11.5 Å². The number of rotatable bonds is 5. The standard InChI is InChI=1S/C27H30FN3O3/c1-18-9-11-20(12-10-18)29-26(33)27(2)17-30-22(24-8-5-15-34-24)13-14-23(30)25(32)31(27)16-19-6-3-4-7-21(19)28/h3-8,13-15,18,20H,9-12,16-17H2,1-2H3,(H,29,33). The summed E-state index contributed by atoms with van der Waals surface area (Å²) >= 11 is 0. The molecule has 2 amide bonds. The second-order valence-corrected chi connectivity index (χ2v) is 9.85. The smallest absolute Gasteiger partial charge is 0.271 e. The molecule has 34 heavy (non-hydrogen) atoms. The van der Waals surface area contributed by atoms with E-state index in [4.69, 9.17) is 4.42 Å². The first-order valence-electron chi connectivity index (χ1n) is 12.0. The maximum Gasteiger partial charge on any atom is 0.271 e. The monoisotopic (exact) mass is 463 g/mol. The van der Waals surface area contributed by atoms with E-state index in [2.05, 4.69) is 12.2 Å². The first-order chi connectivity index (χ1) is 16.4. The molecule has 1 fully saturated rings. The Morgan fingerprint density at radius 3 is 2.53 bits per heavy atom. The number of nitrogens with zero attached hydrogens (tertiary/aromatic N) is 2. The van der Waals surface area contributed by atoms with Gasteiger partial charge in [0.15, 0.2) is 0 Å². The van der Waals surface area contributed by atoms with Gasteiger partial charge in [-0.2, -0.15) is 0 Å². The summed E-state index contributed by atoms with van der Waals surface area (Å²) in [5, 5.41) is 3.21. The lowest BCUT2D eigenvalue weighted by molar-refractivity contribution is -0.134. The van der Waals surface area contributed by atoms with E-state index in [9.17, 15) is 14.0 Å². The number of nitrogens with one attached hydrogen (secondary N) is 1. The largest absolute Gasteiger partial charge is 0.463 e. The van der Waals surface area contributed by atoms with Crippen molar-refractivity contribution >= 4 is 11.8 Å². The molecule has 0 bridgehead atoms. The van der Waals surface area contributed by atoms with Crippen LogP contribution in [0.1, 0.15) is 55.6 Å².